The molecule has 0 saturated carbocycles. The van der Waals surface area contributed by atoms with Crippen LogP contribution in [0, 0.1) is 17.2 Å². The van der Waals surface area contributed by atoms with Crippen LogP contribution in [0.15, 0.2) is 24.3 Å². The molecule has 2 rings (SSSR count). The summed E-state index contributed by atoms with van der Waals surface area (Å²) >= 11 is 0. The highest BCUT2D eigenvalue weighted by Crippen LogP contribution is 2.26. The lowest BCUT2D eigenvalue weighted by molar-refractivity contribution is 0.0570. The molecule has 1 fully saturated rings. The second-order valence-corrected chi connectivity index (χ2v) is 6.99. The fourth-order valence-corrected chi connectivity index (χ4v) is 4.01. The van der Waals surface area contributed by atoms with Gasteiger partial charge in [0.1, 0.15) is 0 Å². The Bertz CT molecular complexity index is 607. The molecule has 0 aliphatic carbocycles. The zero-order valence-corrected chi connectivity index (χ0v) is 12.2. The predicted octanol–water partition coefficient (Wildman–Crippen LogP) is 1.06. The van der Waals surface area contributed by atoms with E-state index in [-0.39, 0.29) is 5.92 Å². The first kappa shape index (κ1) is 15.0. The van der Waals surface area contributed by atoms with Crippen LogP contribution in [0.4, 0.5) is 0 Å². The maximum absolute atomic E-state index is 12.1. The van der Waals surface area contributed by atoms with Crippen molar-refractivity contribution >= 4 is 10.0 Å². The minimum Gasteiger partial charge on any atom is -0.381 e. The molecule has 6 heteroatoms. The average Bonchev–Trinajstić information content (AvgIpc) is 2.48. The van der Waals surface area contributed by atoms with E-state index in [1.54, 1.807) is 12.1 Å². The Morgan fingerprint density at radius 1 is 1.45 bits per heavy atom. The quantitative estimate of drug-likeness (QED) is 0.900. The number of nitrogens with zero attached hydrogens (tertiary/aromatic N) is 1. The lowest BCUT2D eigenvalue weighted by atomic mass is 9.91. The van der Waals surface area contributed by atoms with Gasteiger partial charge in [0.05, 0.1) is 23.5 Å². The number of ether oxygens (including phenoxy) is 1. The number of rotatable bonds is 4. The summed E-state index contributed by atoms with van der Waals surface area (Å²) in [5.74, 6) is -0.129. The van der Waals surface area contributed by atoms with E-state index in [4.69, 9.17) is 10.00 Å². The average molecular weight is 294 g/mol. The highest BCUT2D eigenvalue weighted by Gasteiger charge is 2.35. The van der Waals surface area contributed by atoms with Gasteiger partial charge in [0.25, 0.3) is 0 Å². The smallest absolute Gasteiger partial charge is 0.214 e. The molecule has 1 aromatic carbocycles. The van der Waals surface area contributed by atoms with Gasteiger partial charge in [-0.1, -0.05) is 18.2 Å². The Morgan fingerprint density at radius 3 is 2.90 bits per heavy atom. The third kappa shape index (κ3) is 3.18. The molecule has 108 valence electrons. The first-order valence-electron chi connectivity index (χ1n) is 6.56. The van der Waals surface area contributed by atoms with Crippen LogP contribution in [0.1, 0.15) is 17.5 Å². The van der Waals surface area contributed by atoms with E-state index in [9.17, 15) is 8.42 Å². The van der Waals surface area contributed by atoms with Crippen molar-refractivity contribution in [1.29, 1.82) is 5.26 Å². The van der Waals surface area contributed by atoms with Crippen LogP contribution >= 0.6 is 0 Å². The molecule has 1 heterocycles. The Labute approximate surface area is 119 Å². The zero-order valence-electron chi connectivity index (χ0n) is 11.4. The van der Waals surface area contributed by atoms with Crippen LogP contribution in [0.2, 0.25) is 0 Å². The van der Waals surface area contributed by atoms with Gasteiger partial charge in [0, 0.05) is 12.5 Å². The molecule has 0 unspecified atom stereocenters. The van der Waals surface area contributed by atoms with Crippen molar-refractivity contribution < 1.29 is 13.2 Å². The van der Waals surface area contributed by atoms with Gasteiger partial charge in [0.15, 0.2) is 0 Å². The van der Waals surface area contributed by atoms with Crippen LogP contribution in [0.5, 0.6) is 0 Å². The van der Waals surface area contributed by atoms with E-state index in [0.29, 0.717) is 31.6 Å². The largest absolute Gasteiger partial charge is 0.381 e. The minimum absolute atomic E-state index is 0.129. The molecule has 0 spiro atoms. The second-order valence-electron chi connectivity index (χ2n) is 4.88. The van der Waals surface area contributed by atoms with Crippen LogP contribution < -0.4 is 4.72 Å². The molecule has 1 saturated heterocycles. The monoisotopic (exact) mass is 294 g/mol. The molecule has 1 N–H and O–H groups in total. The van der Waals surface area contributed by atoms with Crippen molar-refractivity contribution in [3.8, 4) is 6.07 Å². The first-order valence-corrected chi connectivity index (χ1v) is 8.11. The van der Waals surface area contributed by atoms with Crippen molar-refractivity contribution in [3.05, 3.63) is 35.4 Å². The molecule has 20 heavy (non-hydrogen) atoms. The molecule has 0 amide bonds. The van der Waals surface area contributed by atoms with Crippen molar-refractivity contribution in [2.75, 3.05) is 20.3 Å². The SMILES string of the molecule is CNS(=O)(=O)[C@H]1CCOC[C@@H]1Cc1ccccc1C#N. The number of benzene rings is 1. The molecule has 0 aromatic heterocycles. The Kier molecular flexibility index (Phi) is 4.76. The van der Waals surface area contributed by atoms with Gasteiger partial charge < -0.3 is 4.74 Å². The molecule has 1 aliphatic rings. The normalized spacial score (nSPS) is 23.2. The lowest BCUT2D eigenvalue weighted by Crippen LogP contribution is -2.43. The number of sulfonamides is 1. The summed E-state index contributed by atoms with van der Waals surface area (Å²) in [7, 11) is -1.89. The number of nitrogens with one attached hydrogen (secondary N) is 1. The zero-order chi connectivity index (χ0) is 14.6. The van der Waals surface area contributed by atoms with E-state index >= 15 is 0 Å². The molecule has 1 aliphatic heterocycles. The van der Waals surface area contributed by atoms with Gasteiger partial charge in [-0.2, -0.15) is 5.26 Å². The van der Waals surface area contributed by atoms with Gasteiger partial charge in [-0.25, -0.2) is 13.1 Å². The third-order valence-electron chi connectivity index (χ3n) is 3.71. The summed E-state index contributed by atoms with van der Waals surface area (Å²) in [6.45, 7) is 0.868. The van der Waals surface area contributed by atoms with Crippen molar-refractivity contribution in [2.24, 2.45) is 5.92 Å². The van der Waals surface area contributed by atoms with Gasteiger partial charge >= 0.3 is 0 Å². The maximum Gasteiger partial charge on any atom is 0.214 e. The molecular weight excluding hydrogens is 276 g/mol. The van der Waals surface area contributed by atoms with Crippen LogP contribution in [-0.2, 0) is 21.2 Å². The van der Waals surface area contributed by atoms with Gasteiger partial charge in [0.2, 0.25) is 10.0 Å². The molecular formula is C14H18N2O3S. The lowest BCUT2D eigenvalue weighted by Gasteiger charge is -2.31. The van der Waals surface area contributed by atoms with Gasteiger partial charge in [-0.3, -0.25) is 0 Å². The van der Waals surface area contributed by atoms with Crippen molar-refractivity contribution in [3.63, 3.8) is 0 Å². The molecule has 0 bridgehead atoms. The topological polar surface area (TPSA) is 79.2 Å². The summed E-state index contributed by atoms with van der Waals surface area (Å²) in [5.41, 5.74) is 1.47. The predicted molar refractivity (Wildman–Crippen MR) is 75.6 cm³/mol. The fraction of sp³-hybridized carbons (Fsp3) is 0.500. The van der Waals surface area contributed by atoms with E-state index in [2.05, 4.69) is 10.8 Å². The first-order chi connectivity index (χ1) is 9.58. The number of hydrogen-bond donors (Lipinski definition) is 1. The van der Waals surface area contributed by atoms with E-state index < -0.39 is 15.3 Å². The molecule has 2 atom stereocenters. The van der Waals surface area contributed by atoms with E-state index in [1.807, 2.05) is 12.1 Å². The second kappa shape index (κ2) is 6.35. The molecule has 0 radical (unpaired) electrons. The minimum atomic E-state index is -3.32. The van der Waals surface area contributed by atoms with Gasteiger partial charge in [-0.15, -0.1) is 0 Å². The van der Waals surface area contributed by atoms with E-state index in [0.717, 1.165) is 5.56 Å². The van der Waals surface area contributed by atoms with Crippen molar-refractivity contribution in [1.82, 2.24) is 4.72 Å². The van der Waals surface area contributed by atoms with Crippen LogP contribution in [0.3, 0.4) is 0 Å². The highest BCUT2D eigenvalue weighted by atomic mass is 32.2. The number of hydrogen-bond acceptors (Lipinski definition) is 4. The third-order valence-corrected chi connectivity index (χ3v) is 5.69. The fourth-order valence-electron chi connectivity index (χ4n) is 2.62. The van der Waals surface area contributed by atoms with E-state index in [1.165, 1.54) is 7.05 Å². The summed E-state index contributed by atoms with van der Waals surface area (Å²) < 4.78 is 32.0. The summed E-state index contributed by atoms with van der Waals surface area (Å²) in [5, 5.41) is 8.64. The van der Waals surface area contributed by atoms with Gasteiger partial charge in [-0.05, 0) is 31.5 Å². The summed E-state index contributed by atoms with van der Waals surface area (Å²) in [6.07, 6.45) is 1.03. The maximum atomic E-state index is 12.1. The van der Waals surface area contributed by atoms with Crippen LogP contribution in [0.25, 0.3) is 0 Å². The van der Waals surface area contributed by atoms with Crippen molar-refractivity contribution in [2.45, 2.75) is 18.1 Å². The Morgan fingerprint density at radius 2 is 2.20 bits per heavy atom. The highest BCUT2D eigenvalue weighted by molar-refractivity contribution is 7.90. The molecule has 1 aromatic rings. The molecule has 5 nitrogen and oxygen atoms in total. The Hall–Kier alpha value is -1.42. The number of nitriles is 1. The summed E-state index contributed by atoms with van der Waals surface area (Å²) in [4.78, 5) is 0. The van der Waals surface area contributed by atoms with Crippen LogP contribution in [-0.4, -0.2) is 33.9 Å². The standard InChI is InChI=1S/C14H18N2O3S/c1-16-20(17,18)14-6-7-19-10-13(14)8-11-4-2-3-5-12(11)9-15/h2-5,13-14,16H,6-8,10H2,1H3/t13-,14-/m0/s1. The Balaban J connectivity index is 2.24. The summed E-state index contributed by atoms with van der Waals surface area (Å²) in [6, 6.07) is 9.44.